The van der Waals surface area contributed by atoms with E-state index in [0.29, 0.717) is 5.69 Å². The lowest BCUT2D eigenvalue weighted by Gasteiger charge is -2.14. The standard InChI is InChI=1S/C20H25N3O3/c1-25-18-8-5-15(13-19(18)26-2)9-10-21-16-6-7-17(22-14-16)20(24)23-11-3-4-12-23/h5-8,13-14,21H,3-4,9-12H2,1-2H3. The number of carbonyl (C=O) groups excluding carboxylic acids is 1. The summed E-state index contributed by atoms with van der Waals surface area (Å²) in [7, 11) is 3.26. The Hall–Kier alpha value is -2.76. The Morgan fingerprint density at radius 1 is 1.12 bits per heavy atom. The Kier molecular flexibility index (Phi) is 5.94. The molecule has 26 heavy (non-hydrogen) atoms. The van der Waals surface area contributed by atoms with E-state index < -0.39 is 0 Å². The third kappa shape index (κ3) is 4.25. The van der Waals surface area contributed by atoms with Crippen LogP contribution >= 0.6 is 0 Å². The molecule has 1 aromatic heterocycles. The average molecular weight is 355 g/mol. The largest absolute Gasteiger partial charge is 0.493 e. The molecule has 1 aliphatic rings. The maximum absolute atomic E-state index is 12.3. The number of amides is 1. The summed E-state index contributed by atoms with van der Waals surface area (Å²) < 4.78 is 10.6. The van der Waals surface area contributed by atoms with Gasteiger partial charge in [-0.05, 0) is 49.1 Å². The summed E-state index contributed by atoms with van der Waals surface area (Å²) in [6, 6.07) is 9.62. The van der Waals surface area contributed by atoms with Gasteiger partial charge in [-0.25, -0.2) is 4.98 Å². The summed E-state index contributed by atoms with van der Waals surface area (Å²) >= 11 is 0. The summed E-state index contributed by atoms with van der Waals surface area (Å²) in [4.78, 5) is 18.5. The lowest BCUT2D eigenvalue weighted by atomic mass is 10.1. The number of likely N-dealkylation sites (tertiary alicyclic amines) is 1. The first-order chi connectivity index (χ1) is 12.7. The van der Waals surface area contributed by atoms with E-state index in [1.165, 1.54) is 0 Å². The van der Waals surface area contributed by atoms with E-state index in [9.17, 15) is 4.79 Å². The Bertz CT molecular complexity index is 740. The van der Waals surface area contributed by atoms with Crippen LogP contribution in [0.25, 0.3) is 0 Å². The van der Waals surface area contributed by atoms with Gasteiger partial charge in [0.25, 0.3) is 5.91 Å². The zero-order valence-electron chi connectivity index (χ0n) is 15.3. The number of aromatic nitrogens is 1. The number of nitrogens with zero attached hydrogens (tertiary/aromatic N) is 2. The maximum atomic E-state index is 12.3. The van der Waals surface area contributed by atoms with Crippen molar-refractivity contribution in [3.63, 3.8) is 0 Å². The van der Waals surface area contributed by atoms with E-state index in [1.54, 1.807) is 26.5 Å². The van der Waals surface area contributed by atoms with Crippen molar-refractivity contribution in [2.24, 2.45) is 0 Å². The first-order valence-corrected chi connectivity index (χ1v) is 8.91. The second-order valence-corrected chi connectivity index (χ2v) is 6.30. The number of anilines is 1. The van der Waals surface area contributed by atoms with E-state index >= 15 is 0 Å². The monoisotopic (exact) mass is 355 g/mol. The van der Waals surface area contributed by atoms with Crippen molar-refractivity contribution in [1.29, 1.82) is 0 Å². The fraction of sp³-hybridized carbons (Fsp3) is 0.400. The molecule has 1 saturated heterocycles. The first-order valence-electron chi connectivity index (χ1n) is 8.91. The van der Waals surface area contributed by atoms with Crippen LogP contribution < -0.4 is 14.8 Å². The van der Waals surface area contributed by atoms with Crippen LogP contribution in [0, 0.1) is 0 Å². The summed E-state index contributed by atoms with van der Waals surface area (Å²) in [6.07, 6.45) is 4.73. The molecule has 0 saturated carbocycles. The number of ether oxygens (including phenoxy) is 2. The molecule has 2 heterocycles. The van der Waals surface area contributed by atoms with Gasteiger partial charge in [0.15, 0.2) is 11.5 Å². The molecule has 1 aromatic carbocycles. The lowest BCUT2D eigenvalue weighted by Crippen LogP contribution is -2.28. The number of hydrogen-bond donors (Lipinski definition) is 1. The highest BCUT2D eigenvalue weighted by Crippen LogP contribution is 2.27. The molecule has 2 aromatic rings. The van der Waals surface area contributed by atoms with E-state index in [4.69, 9.17) is 9.47 Å². The predicted molar refractivity (Wildman–Crippen MR) is 101 cm³/mol. The lowest BCUT2D eigenvalue weighted by molar-refractivity contribution is 0.0787. The number of nitrogens with one attached hydrogen (secondary N) is 1. The minimum absolute atomic E-state index is 0.0272. The maximum Gasteiger partial charge on any atom is 0.272 e. The van der Waals surface area contributed by atoms with Crippen LogP contribution in [0.15, 0.2) is 36.5 Å². The van der Waals surface area contributed by atoms with Crippen LogP contribution in [0.3, 0.4) is 0 Å². The number of pyridine rings is 1. The fourth-order valence-corrected chi connectivity index (χ4v) is 3.09. The normalized spacial score (nSPS) is 13.5. The Morgan fingerprint density at radius 3 is 2.54 bits per heavy atom. The molecule has 0 bridgehead atoms. The molecule has 1 N–H and O–H groups in total. The topological polar surface area (TPSA) is 63.7 Å². The minimum Gasteiger partial charge on any atom is -0.493 e. The van der Waals surface area contributed by atoms with Crippen molar-refractivity contribution in [3.8, 4) is 11.5 Å². The van der Waals surface area contributed by atoms with Gasteiger partial charge >= 0.3 is 0 Å². The zero-order valence-corrected chi connectivity index (χ0v) is 15.3. The number of methoxy groups -OCH3 is 2. The number of carbonyl (C=O) groups is 1. The third-order valence-corrected chi connectivity index (χ3v) is 4.57. The molecule has 6 nitrogen and oxygen atoms in total. The summed E-state index contributed by atoms with van der Waals surface area (Å²) in [5.41, 5.74) is 2.57. The van der Waals surface area contributed by atoms with Gasteiger partial charge in [-0.1, -0.05) is 6.07 Å². The summed E-state index contributed by atoms with van der Waals surface area (Å²) in [5.74, 6) is 1.49. The Balaban J connectivity index is 1.53. The van der Waals surface area contributed by atoms with Crippen molar-refractivity contribution >= 4 is 11.6 Å². The van der Waals surface area contributed by atoms with Crippen molar-refractivity contribution < 1.29 is 14.3 Å². The quantitative estimate of drug-likeness (QED) is 0.827. The second-order valence-electron chi connectivity index (χ2n) is 6.30. The van der Waals surface area contributed by atoms with Gasteiger partial charge in [0.2, 0.25) is 0 Å². The molecule has 0 atom stereocenters. The highest BCUT2D eigenvalue weighted by atomic mass is 16.5. The van der Waals surface area contributed by atoms with Gasteiger partial charge in [0.1, 0.15) is 5.69 Å². The zero-order chi connectivity index (χ0) is 18.4. The highest BCUT2D eigenvalue weighted by molar-refractivity contribution is 5.92. The molecule has 0 aliphatic carbocycles. The van der Waals surface area contributed by atoms with Crippen LogP contribution in [-0.4, -0.2) is 49.6 Å². The van der Waals surface area contributed by atoms with Crippen LogP contribution in [0.5, 0.6) is 11.5 Å². The highest BCUT2D eigenvalue weighted by Gasteiger charge is 2.20. The van der Waals surface area contributed by atoms with Crippen LogP contribution in [0.1, 0.15) is 28.9 Å². The van der Waals surface area contributed by atoms with E-state index in [2.05, 4.69) is 10.3 Å². The van der Waals surface area contributed by atoms with Gasteiger partial charge in [-0.3, -0.25) is 4.79 Å². The number of benzene rings is 1. The molecular weight excluding hydrogens is 330 g/mol. The number of rotatable bonds is 7. The Morgan fingerprint density at radius 2 is 1.88 bits per heavy atom. The molecule has 1 aliphatic heterocycles. The fourth-order valence-electron chi connectivity index (χ4n) is 3.09. The molecule has 0 unspecified atom stereocenters. The third-order valence-electron chi connectivity index (χ3n) is 4.57. The molecular formula is C20H25N3O3. The first kappa shape index (κ1) is 18.0. The van der Waals surface area contributed by atoms with Crippen molar-refractivity contribution in [2.75, 3.05) is 39.2 Å². The smallest absolute Gasteiger partial charge is 0.272 e. The van der Waals surface area contributed by atoms with Gasteiger partial charge in [-0.2, -0.15) is 0 Å². The van der Waals surface area contributed by atoms with Crippen LogP contribution in [-0.2, 0) is 6.42 Å². The molecule has 1 fully saturated rings. The predicted octanol–water partition coefficient (Wildman–Crippen LogP) is 2.99. The molecule has 1 amide bonds. The van der Waals surface area contributed by atoms with Gasteiger partial charge in [0.05, 0.1) is 26.1 Å². The van der Waals surface area contributed by atoms with Crippen LogP contribution in [0.4, 0.5) is 5.69 Å². The summed E-state index contributed by atoms with van der Waals surface area (Å²) in [5, 5.41) is 3.34. The van der Waals surface area contributed by atoms with Gasteiger partial charge in [0, 0.05) is 19.6 Å². The summed E-state index contributed by atoms with van der Waals surface area (Å²) in [6.45, 7) is 2.44. The SMILES string of the molecule is COc1ccc(CCNc2ccc(C(=O)N3CCCC3)nc2)cc1OC. The van der Waals surface area contributed by atoms with Crippen LogP contribution in [0.2, 0.25) is 0 Å². The molecule has 6 heteroatoms. The van der Waals surface area contributed by atoms with Gasteiger partial charge < -0.3 is 19.7 Å². The average Bonchev–Trinajstić information content (AvgIpc) is 3.22. The molecule has 0 spiro atoms. The number of hydrogen-bond acceptors (Lipinski definition) is 5. The molecule has 3 rings (SSSR count). The van der Waals surface area contributed by atoms with Crippen molar-refractivity contribution in [1.82, 2.24) is 9.88 Å². The van der Waals surface area contributed by atoms with E-state index in [-0.39, 0.29) is 5.91 Å². The van der Waals surface area contributed by atoms with Crippen molar-refractivity contribution in [3.05, 3.63) is 47.8 Å². The minimum atomic E-state index is 0.0272. The van der Waals surface area contributed by atoms with E-state index in [0.717, 1.165) is 61.6 Å². The second kappa shape index (κ2) is 8.56. The van der Waals surface area contributed by atoms with Gasteiger partial charge in [-0.15, -0.1) is 0 Å². The molecule has 138 valence electrons. The Labute approximate surface area is 154 Å². The molecule has 0 radical (unpaired) electrons. The van der Waals surface area contributed by atoms with Crippen molar-refractivity contribution in [2.45, 2.75) is 19.3 Å². The van der Waals surface area contributed by atoms with E-state index in [1.807, 2.05) is 29.2 Å².